The fourth-order valence-electron chi connectivity index (χ4n) is 1.72. The summed E-state index contributed by atoms with van der Waals surface area (Å²) in [6.07, 6.45) is 0. The summed E-state index contributed by atoms with van der Waals surface area (Å²) in [7, 11) is -1.33. The van der Waals surface area contributed by atoms with Gasteiger partial charge in [0.25, 0.3) is 0 Å². The lowest BCUT2D eigenvalue weighted by atomic mass is 10.3. The number of sulfonamides is 1. The minimum atomic E-state index is -3.95. The molecule has 0 fully saturated rings. The predicted octanol–water partition coefficient (Wildman–Crippen LogP) is 0.600. The Balaban J connectivity index is 3.32. The van der Waals surface area contributed by atoms with Crippen LogP contribution in [0, 0.1) is 6.92 Å². The number of carbonyl (C=O) groups is 2. The summed E-state index contributed by atoms with van der Waals surface area (Å²) in [4.78, 5) is 23.1. The summed E-state index contributed by atoms with van der Waals surface area (Å²) < 4.78 is 31.0. The van der Waals surface area contributed by atoms with E-state index in [2.05, 4.69) is 10.1 Å². The number of amides is 1. The Kier molecular flexibility index (Phi) is 5.87. The van der Waals surface area contributed by atoms with Gasteiger partial charge in [-0.05, 0) is 17.9 Å². The summed E-state index contributed by atoms with van der Waals surface area (Å²) in [5.74, 6) is -1.13. The van der Waals surface area contributed by atoms with E-state index in [1.54, 1.807) is 19.2 Å². The van der Waals surface area contributed by atoms with Crippen LogP contribution in [0.5, 0.6) is 0 Å². The molecule has 0 atom stereocenters. The summed E-state index contributed by atoms with van der Waals surface area (Å²) in [6.45, 7) is 3.04. The largest absolute Gasteiger partial charge is 0.465 e. The fraction of sp³-hybridized carbons (Fsp3) is 0.500. The van der Waals surface area contributed by atoms with E-state index in [-0.39, 0.29) is 22.9 Å². The number of nitrogens with zero attached hydrogens (tertiary/aromatic N) is 1. The third kappa shape index (κ3) is 3.60. The van der Waals surface area contributed by atoms with Gasteiger partial charge in [-0.1, -0.05) is 6.92 Å². The van der Waals surface area contributed by atoms with E-state index < -0.39 is 21.9 Å². The number of rotatable bonds is 6. The maximum Gasteiger partial charge on any atom is 0.349 e. The number of nitrogens with one attached hydrogen (secondary N) is 1. The van der Waals surface area contributed by atoms with Gasteiger partial charge in [0.05, 0.1) is 13.7 Å². The minimum absolute atomic E-state index is 0.0188. The zero-order chi connectivity index (χ0) is 16.2. The molecule has 0 saturated carbocycles. The summed E-state index contributed by atoms with van der Waals surface area (Å²) in [5.41, 5.74) is 0.454. The molecule has 1 N–H and O–H groups in total. The Morgan fingerprint density at radius 2 is 2.05 bits per heavy atom. The van der Waals surface area contributed by atoms with Crippen molar-refractivity contribution in [2.45, 2.75) is 18.7 Å². The molecule has 0 bridgehead atoms. The minimum Gasteiger partial charge on any atom is -0.465 e. The smallest absolute Gasteiger partial charge is 0.349 e. The van der Waals surface area contributed by atoms with Crippen molar-refractivity contribution in [3.8, 4) is 0 Å². The molecule has 118 valence electrons. The summed E-state index contributed by atoms with van der Waals surface area (Å²) in [6, 6.07) is 0. The zero-order valence-electron chi connectivity index (χ0n) is 12.3. The van der Waals surface area contributed by atoms with E-state index in [9.17, 15) is 18.0 Å². The van der Waals surface area contributed by atoms with Crippen LogP contribution in [-0.2, 0) is 19.6 Å². The van der Waals surface area contributed by atoms with Gasteiger partial charge in [-0.25, -0.2) is 13.2 Å². The first-order valence-corrected chi connectivity index (χ1v) is 8.48. The van der Waals surface area contributed by atoms with E-state index in [4.69, 9.17) is 0 Å². The van der Waals surface area contributed by atoms with Crippen molar-refractivity contribution in [3.05, 3.63) is 15.8 Å². The molecule has 21 heavy (non-hydrogen) atoms. The van der Waals surface area contributed by atoms with Crippen molar-refractivity contribution < 1.29 is 22.7 Å². The highest BCUT2D eigenvalue weighted by Crippen LogP contribution is 2.30. The Morgan fingerprint density at radius 3 is 2.52 bits per heavy atom. The molecule has 0 aliphatic rings. The monoisotopic (exact) mass is 334 g/mol. The Hall–Kier alpha value is -1.45. The molecule has 0 aliphatic heterocycles. The van der Waals surface area contributed by atoms with Gasteiger partial charge < -0.3 is 10.1 Å². The molecule has 7 nitrogen and oxygen atoms in total. The molecular weight excluding hydrogens is 316 g/mol. The van der Waals surface area contributed by atoms with Crippen LogP contribution in [0.1, 0.15) is 22.2 Å². The van der Waals surface area contributed by atoms with E-state index in [0.29, 0.717) is 5.56 Å². The van der Waals surface area contributed by atoms with Gasteiger partial charge in [-0.15, -0.1) is 11.3 Å². The second kappa shape index (κ2) is 7.01. The third-order valence-electron chi connectivity index (χ3n) is 2.84. The van der Waals surface area contributed by atoms with Crippen molar-refractivity contribution in [2.24, 2.45) is 0 Å². The topological polar surface area (TPSA) is 92.8 Å². The number of hydrogen-bond acceptors (Lipinski definition) is 6. The lowest BCUT2D eigenvalue weighted by Crippen LogP contribution is -2.39. The molecule has 1 amide bonds. The number of methoxy groups -OCH3 is 1. The van der Waals surface area contributed by atoms with Crippen molar-refractivity contribution in [1.29, 1.82) is 0 Å². The molecule has 1 aromatic rings. The molecule has 9 heteroatoms. The second-order valence-corrected chi connectivity index (χ2v) is 6.93. The van der Waals surface area contributed by atoms with Crippen LogP contribution in [0.25, 0.3) is 0 Å². The average molecular weight is 334 g/mol. The highest BCUT2D eigenvalue weighted by Gasteiger charge is 2.32. The number of carbonyl (C=O) groups excluding carboxylic acids is 2. The highest BCUT2D eigenvalue weighted by atomic mass is 32.2. The predicted molar refractivity (Wildman–Crippen MR) is 78.9 cm³/mol. The van der Waals surface area contributed by atoms with Crippen LogP contribution >= 0.6 is 11.3 Å². The van der Waals surface area contributed by atoms with E-state index in [1.165, 1.54) is 14.2 Å². The van der Waals surface area contributed by atoms with Crippen LogP contribution in [0.2, 0.25) is 0 Å². The number of thiophene rings is 1. The number of aryl methyl sites for hydroxylation is 1. The first kappa shape index (κ1) is 17.6. The van der Waals surface area contributed by atoms with E-state index >= 15 is 0 Å². The van der Waals surface area contributed by atoms with Gasteiger partial charge in [-0.2, -0.15) is 4.31 Å². The molecule has 0 unspecified atom stereocenters. The zero-order valence-corrected chi connectivity index (χ0v) is 13.9. The molecule has 1 rings (SSSR count). The van der Waals surface area contributed by atoms with Gasteiger partial charge in [0.2, 0.25) is 15.9 Å². The quantitative estimate of drug-likeness (QED) is 0.769. The molecule has 1 aromatic heterocycles. The van der Waals surface area contributed by atoms with Gasteiger partial charge >= 0.3 is 5.97 Å². The molecule has 0 spiro atoms. The first-order chi connectivity index (χ1) is 9.79. The highest BCUT2D eigenvalue weighted by molar-refractivity contribution is 7.89. The number of ether oxygens (including phenoxy) is 1. The number of esters is 1. The molecular formula is C12H18N2O5S2. The van der Waals surface area contributed by atoms with Crippen molar-refractivity contribution in [2.75, 3.05) is 27.2 Å². The van der Waals surface area contributed by atoms with Crippen molar-refractivity contribution in [1.82, 2.24) is 9.62 Å². The number of likely N-dealkylation sites (N-methyl/N-ethyl adjacent to an activating group) is 2. The Labute approximate surface area is 127 Å². The summed E-state index contributed by atoms with van der Waals surface area (Å²) in [5, 5.41) is 3.95. The van der Waals surface area contributed by atoms with Crippen LogP contribution in [0.15, 0.2) is 10.3 Å². The van der Waals surface area contributed by atoms with E-state index in [0.717, 1.165) is 15.6 Å². The van der Waals surface area contributed by atoms with Crippen molar-refractivity contribution in [3.63, 3.8) is 0 Å². The molecule has 0 saturated heterocycles. The third-order valence-corrected chi connectivity index (χ3v) is 6.15. The Morgan fingerprint density at radius 1 is 1.43 bits per heavy atom. The van der Waals surface area contributed by atoms with Gasteiger partial charge in [0.1, 0.15) is 9.77 Å². The number of hydrogen-bond donors (Lipinski definition) is 1. The van der Waals surface area contributed by atoms with Crippen molar-refractivity contribution >= 4 is 33.2 Å². The van der Waals surface area contributed by atoms with Gasteiger partial charge in [0.15, 0.2) is 0 Å². The van der Waals surface area contributed by atoms with Gasteiger partial charge in [-0.3, -0.25) is 4.79 Å². The maximum atomic E-state index is 12.7. The fourth-order valence-corrected chi connectivity index (χ4v) is 4.79. The van der Waals surface area contributed by atoms with Crippen LogP contribution in [-0.4, -0.2) is 51.8 Å². The second-order valence-electron chi connectivity index (χ2n) is 4.17. The van der Waals surface area contributed by atoms with Crippen LogP contribution < -0.4 is 5.32 Å². The molecule has 0 aromatic carbocycles. The first-order valence-electron chi connectivity index (χ1n) is 6.16. The average Bonchev–Trinajstić information content (AvgIpc) is 2.85. The maximum absolute atomic E-state index is 12.7. The molecule has 0 radical (unpaired) electrons. The van der Waals surface area contributed by atoms with E-state index in [1.807, 2.05) is 0 Å². The molecule has 0 aliphatic carbocycles. The van der Waals surface area contributed by atoms with Gasteiger partial charge in [0, 0.05) is 13.6 Å². The van der Waals surface area contributed by atoms with Crippen LogP contribution in [0.4, 0.5) is 0 Å². The standard InChI is InChI=1S/C12H18N2O5S2/c1-5-14(6-9(15)13-3)21(17,18)11-8(2)7-20-10(11)12(16)19-4/h7H,5-6H2,1-4H3,(H,13,15). The summed E-state index contributed by atoms with van der Waals surface area (Å²) >= 11 is 1.01. The lowest BCUT2D eigenvalue weighted by molar-refractivity contribution is -0.120. The lowest BCUT2D eigenvalue weighted by Gasteiger charge is -2.20. The van der Waals surface area contributed by atoms with Crippen LogP contribution in [0.3, 0.4) is 0 Å². The molecule has 1 heterocycles. The Bertz CT molecular complexity index is 636. The normalized spacial score (nSPS) is 11.5. The SMILES string of the molecule is CCN(CC(=O)NC)S(=O)(=O)c1c(C)csc1C(=O)OC.